The molecule has 0 heterocycles. The predicted molar refractivity (Wildman–Crippen MR) is 88.7 cm³/mol. The fraction of sp³-hybridized carbons (Fsp3) is 0.100. The maximum absolute atomic E-state index is 14.3. The molecule has 0 saturated heterocycles. The molecule has 0 N–H and O–H groups in total. The van der Waals surface area contributed by atoms with Crippen LogP contribution in [0.4, 0.5) is 13.2 Å². The van der Waals surface area contributed by atoms with Crippen molar-refractivity contribution >= 4 is 0 Å². The van der Waals surface area contributed by atoms with E-state index in [1.807, 2.05) is 31.2 Å². The smallest absolute Gasteiger partial charge is 0.133 e. The van der Waals surface area contributed by atoms with Crippen molar-refractivity contribution in [1.29, 1.82) is 0 Å². The van der Waals surface area contributed by atoms with Gasteiger partial charge in [-0.3, -0.25) is 0 Å². The van der Waals surface area contributed by atoms with Crippen LogP contribution in [0.5, 0.6) is 0 Å². The van der Waals surface area contributed by atoms with Gasteiger partial charge in [-0.25, -0.2) is 13.2 Å². The van der Waals surface area contributed by atoms with E-state index < -0.39 is 17.5 Å². The number of rotatable bonds is 2. The van der Waals surface area contributed by atoms with Crippen molar-refractivity contribution in [1.82, 2.24) is 0 Å². The van der Waals surface area contributed by atoms with Gasteiger partial charge in [-0.15, -0.1) is 0 Å². The lowest BCUT2D eigenvalue weighted by Crippen LogP contribution is -1.90. The third-order valence-electron chi connectivity index (χ3n) is 3.57. The number of benzene rings is 3. The molecule has 0 nitrogen and oxygen atoms in total. The number of hydrogen-bond acceptors (Lipinski definition) is 0. The summed E-state index contributed by atoms with van der Waals surface area (Å²) in [5, 5.41) is 0. The first-order valence-electron chi connectivity index (χ1n) is 6.86. The highest BCUT2D eigenvalue weighted by Crippen LogP contribution is 2.29. The molecule has 3 heteroatoms. The Morgan fingerprint density at radius 2 is 1.13 bits per heavy atom. The SMILES string of the molecule is C.Cc1ccc(-c2ccc(-c3ccc(F)cc3F)cc2F)cc1. The molecule has 23 heavy (non-hydrogen) atoms. The minimum absolute atomic E-state index is 0. The van der Waals surface area contributed by atoms with Crippen molar-refractivity contribution in [2.45, 2.75) is 14.4 Å². The first-order valence-corrected chi connectivity index (χ1v) is 6.86. The van der Waals surface area contributed by atoms with Gasteiger partial charge in [-0.05, 0) is 36.2 Å². The van der Waals surface area contributed by atoms with Crippen molar-refractivity contribution in [3.63, 3.8) is 0 Å². The van der Waals surface area contributed by atoms with Gasteiger partial charge < -0.3 is 0 Å². The van der Waals surface area contributed by atoms with Crippen molar-refractivity contribution in [2.75, 3.05) is 0 Å². The molecule has 0 atom stereocenters. The van der Waals surface area contributed by atoms with Gasteiger partial charge >= 0.3 is 0 Å². The highest BCUT2D eigenvalue weighted by atomic mass is 19.1. The Bertz CT molecular complexity index is 821. The van der Waals surface area contributed by atoms with Gasteiger partial charge in [0, 0.05) is 17.2 Å². The monoisotopic (exact) mass is 314 g/mol. The summed E-state index contributed by atoms with van der Waals surface area (Å²) >= 11 is 0. The van der Waals surface area contributed by atoms with Crippen LogP contribution >= 0.6 is 0 Å². The molecule has 0 radical (unpaired) electrons. The minimum Gasteiger partial charge on any atom is -0.207 e. The standard InChI is InChI=1S/C19H13F3.CH4/c1-12-2-4-13(5-3-12)16-8-6-14(10-18(16)21)17-9-7-15(20)11-19(17)22;/h2-11H,1H3;1H4. The Balaban J connectivity index is 0.00000192. The zero-order valence-electron chi connectivity index (χ0n) is 11.9. The Morgan fingerprint density at radius 1 is 0.609 bits per heavy atom. The molecular weight excluding hydrogens is 297 g/mol. The summed E-state index contributed by atoms with van der Waals surface area (Å²) in [6, 6.07) is 15.3. The summed E-state index contributed by atoms with van der Waals surface area (Å²) in [4.78, 5) is 0. The van der Waals surface area contributed by atoms with E-state index >= 15 is 0 Å². The summed E-state index contributed by atoms with van der Waals surface area (Å²) in [6.07, 6.45) is 0. The molecule has 0 aromatic heterocycles. The molecule has 3 aromatic carbocycles. The van der Waals surface area contributed by atoms with E-state index in [1.54, 1.807) is 12.1 Å². The zero-order valence-corrected chi connectivity index (χ0v) is 11.9. The first kappa shape index (κ1) is 16.8. The largest absolute Gasteiger partial charge is 0.207 e. The lowest BCUT2D eigenvalue weighted by molar-refractivity contribution is 0.585. The van der Waals surface area contributed by atoms with Gasteiger partial charge in [-0.1, -0.05) is 49.4 Å². The molecular formula is C20H17F3. The normalized spacial score (nSPS) is 10.3. The fourth-order valence-electron chi connectivity index (χ4n) is 2.37. The Hall–Kier alpha value is -2.55. The predicted octanol–water partition coefficient (Wildman–Crippen LogP) is 6.38. The van der Waals surface area contributed by atoms with Gasteiger partial charge in [0.05, 0.1) is 0 Å². The molecule has 0 bridgehead atoms. The summed E-state index contributed by atoms with van der Waals surface area (Å²) in [5.41, 5.74) is 2.86. The average Bonchev–Trinajstić information content (AvgIpc) is 2.48. The molecule has 0 aliphatic heterocycles. The summed E-state index contributed by atoms with van der Waals surface area (Å²) in [7, 11) is 0. The first-order chi connectivity index (χ1) is 10.5. The average molecular weight is 314 g/mol. The van der Waals surface area contributed by atoms with Gasteiger partial charge in [-0.2, -0.15) is 0 Å². The highest BCUT2D eigenvalue weighted by molar-refractivity contribution is 5.71. The second-order valence-corrected chi connectivity index (χ2v) is 5.18. The molecule has 0 aliphatic carbocycles. The van der Waals surface area contributed by atoms with Gasteiger partial charge in [0.15, 0.2) is 0 Å². The van der Waals surface area contributed by atoms with Crippen LogP contribution in [-0.4, -0.2) is 0 Å². The van der Waals surface area contributed by atoms with Crippen LogP contribution in [0.15, 0.2) is 60.7 Å². The van der Waals surface area contributed by atoms with E-state index in [2.05, 4.69) is 0 Å². The van der Waals surface area contributed by atoms with E-state index in [1.165, 1.54) is 12.1 Å². The van der Waals surface area contributed by atoms with Crippen LogP contribution in [0, 0.1) is 24.4 Å². The number of halogens is 3. The second-order valence-electron chi connectivity index (χ2n) is 5.18. The van der Waals surface area contributed by atoms with Gasteiger partial charge in [0.25, 0.3) is 0 Å². The number of hydrogen-bond donors (Lipinski definition) is 0. The zero-order chi connectivity index (χ0) is 15.7. The quantitative estimate of drug-likeness (QED) is 0.514. The van der Waals surface area contributed by atoms with Crippen LogP contribution in [0.3, 0.4) is 0 Å². The molecule has 0 unspecified atom stereocenters. The Labute approximate surface area is 134 Å². The van der Waals surface area contributed by atoms with E-state index in [-0.39, 0.29) is 13.0 Å². The Kier molecular flexibility index (Phi) is 4.89. The lowest BCUT2D eigenvalue weighted by atomic mass is 9.99. The van der Waals surface area contributed by atoms with Crippen LogP contribution in [0.2, 0.25) is 0 Å². The van der Waals surface area contributed by atoms with Crippen molar-refractivity contribution in [3.8, 4) is 22.3 Å². The van der Waals surface area contributed by atoms with Gasteiger partial charge in [0.1, 0.15) is 17.5 Å². The van der Waals surface area contributed by atoms with Crippen LogP contribution < -0.4 is 0 Å². The molecule has 118 valence electrons. The number of aryl methyl sites for hydroxylation is 1. The van der Waals surface area contributed by atoms with Crippen LogP contribution in [0.25, 0.3) is 22.3 Å². The maximum atomic E-state index is 14.3. The Morgan fingerprint density at radius 3 is 1.74 bits per heavy atom. The van der Waals surface area contributed by atoms with Crippen molar-refractivity contribution in [2.24, 2.45) is 0 Å². The van der Waals surface area contributed by atoms with Gasteiger partial charge in [0.2, 0.25) is 0 Å². The van der Waals surface area contributed by atoms with Crippen LogP contribution in [0.1, 0.15) is 13.0 Å². The molecule has 0 fully saturated rings. The molecule has 0 amide bonds. The second kappa shape index (κ2) is 6.69. The fourth-order valence-corrected chi connectivity index (χ4v) is 2.37. The third kappa shape index (κ3) is 3.45. The summed E-state index contributed by atoms with van der Waals surface area (Å²) in [6.45, 7) is 1.96. The molecule has 0 spiro atoms. The topological polar surface area (TPSA) is 0 Å². The lowest BCUT2D eigenvalue weighted by Gasteiger charge is -2.08. The minimum atomic E-state index is -0.706. The van der Waals surface area contributed by atoms with Crippen molar-refractivity contribution in [3.05, 3.63) is 83.7 Å². The van der Waals surface area contributed by atoms with E-state index in [0.29, 0.717) is 11.1 Å². The highest BCUT2D eigenvalue weighted by Gasteiger charge is 2.10. The van der Waals surface area contributed by atoms with Crippen LogP contribution in [-0.2, 0) is 0 Å². The molecule has 3 aromatic rings. The summed E-state index contributed by atoms with van der Waals surface area (Å²) in [5.74, 6) is -1.80. The van der Waals surface area contributed by atoms with E-state index in [0.717, 1.165) is 23.3 Å². The van der Waals surface area contributed by atoms with E-state index in [4.69, 9.17) is 0 Å². The van der Waals surface area contributed by atoms with Crippen molar-refractivity contribution < 1.29 is 13.2 Å². The van der Waals surface area contributed by atoms with E-state index in [9.17, 15) is 13.2 Å². The maximum Gasteiger partial charge on any atom is 0.133 e. The molecule has 0 saturated carbocycles. The molecule has 3 rings (SSSR count). The summed E-state index contributed by atoms with van der Waals surface area (Å²) < 4.78 is 41.1. The molecule has 0 aliphatic rings. The third-order valence-corrected chi connectivity index (χ3v) is 3.57.